The molecule has 4 rings (SSSR count). The number of amides is 3. The molecule has 2 unspecified atom stereocenters. The van der Waals surface area contributed by atoms with Gasteiger partial charge in [0.1, 0.15) is 5.82 Å². The molecule has 8 heteroatoms. The lowest BCUT2D eigenvalue weighted by Gasteiger charge is -2.36. The van der Waals surface area contributed by atoms with Gasteiger partial charge >= 0.3 is 0 Å². The van der Waals surface area contributed by atoms with E-state index in [0.29, 0.717) is 25.6 Å². The van der Waals surface area contributed by atoms with Gasteiger partial charge in [-0.1, -0.05) is 24.6 Å². The Morgan fingerprint density at radius 3 is 2.64 bits per heavy atom. The van der Waals surface area contributed by atoms with Gasteiger partial charge in [-0.05, 0) is 37.7 Å². The van der Waals surface area contributed by atoms with E-state index in [4.69, 9.17) is 9.47 Å². The minimum Gasteiger partial charge on any atom is -0.383 e. The monoisotopic (exact) mass is 460 g/mol. The maximum absolute atomic E-state index is 15.0. The largest absolute Gasteiger partial charge is 0.383 e. The molecule has 0 bridgehead atoms. The zero-order valence-electron chi connectivity index (χ0n) is 19.3. The van der Waals surface area contributed by atoms with Gasteiger partial charge in [0.05, 0.1) is 24.7 Å². The fourth-order valence-electron chi connectivity index (χ4n) is 5.17. The van der Waals surface area contributed by atoms with Crippen LogP contribution in [0.2, 0.25) is 0 Å². The lowest BCUT2D eigenvalue weighted by Crippen LogP contribution is -2.47. The molecule has 180 valence electrons. The number of benzene rings is 1. The number of carbonyl (C=O) groups excluding carboxylic acids is 3. The molecule has 7 nitrogen and oxygen atoms in total. The molecule has 0 aromatic heterocycles. The highest BCUT2D eigenvalue weighted by Crippen LogP contribution is 2.41. The van der Waals surface area contributed by atoms with Crippen LogP contribution in [0.4, 0.5) is 4.39 Å². The Morgan fingerprint density at radius 2 is 2.00 bits per heavy atom. The molecule has 1 aliphatic carbocycles. The number of halogens is 1. The van der Waals surface area contributed by atoms with E-state index in [1.54, 1.807) is 17.0 Å². The highest BCUT2D eigenvalue weighted by atomic mass is 19.1. The summed E-state index contributed by atoms with van der Waals surface area (Å²) in [4.78, 5) is 43.0. The number of carbonyl (C=O) groups is 3. The second kappa shape index (κ2) is 10.3. The fourth-order valence-corrected chi connectivity index (χ4v) is 5.17. The Kier molecular flexibility index (Phi) is 7.44. The number of rotatable bonds is 10. The Balaban J connectivity index is 1.62. The van der Waals surface area contributed by atoms with Gasteiger partial charge in [-0.15, -0.1) is 0 Å². The zero-order valence-corrected chi connectivity index (χ0v) is 19.3. The number of imide groups is 1. The smallest absolute Gasteiger partial charge is 0.241 e. The Morgan fingerprint density at radius 1 is 1.21 bits per heavy atom. The van der Waals surface area contributed by atoms with Crippen LogP contribution in [0.25, 0.3) is 0 Å². The molecule has 3 aliphatic rings. The third-order valence-electron chi connectivity index (χ3n) is 7.27. The van der Waals surface area contributed by atoms with Crippen LogP contribution in [0.15, 0.2) is 24.3 Å². The van der Waals surface area contributed by atoms with Gasteiger partial charge in [0, 0.05) is 45.2 Å². The normalized spacial score (nSPS) is 25.5. The van der Waals surface area contributed by atoms with E-state index in [1.165, 1.54) is 19.2 Å². The van der Waals surface area contributed by atoms with Crippen molar-refractivity contribution in [3.63, 3.8) is 0 Å². The minimum absolute atomic E-state index is 0.0162. The maximum atomic E-state index is 15.0. The van der Waals surface area contributed by atoms with Crippen molar-refractivity contribution in [2.24, 2.45) is 5.92 Å². The van der Waals surface area contributed by atoms with Crippen LogP contribution in [0, 0.1) is 11.7 Å². The predicted molar refractivity (Wildman–Crippen MR) is 119 cm³/mol. The number of nitrogens with zero attached hydrogens (tertiary/aromatic N) is 2. The standard InChI is InChI=1S/C25H33FN2O5/c1-32-13-11-28-23(30)15-25(24(28)31,20-9-2-3-10-21(20)26)14-22(29)27(16-18-6-4-7-18)17-19-8-5-12-33-19/h2-3,9-10,18-19H,4-8,11-17H2,1H3. The van der Waals surface area contributed by atoms with Crippen molar-refractivity contribution in [1.29, 1.82) is 0 Å². The summed E-state index contributed by atoms with van der Waals surface area (Å²) < 4.78 is 25.8. The van der Waals surface area contributed by atoms with Crippen molar-refractivity contribution in [2.45, 2.75) is 56.5 Å². The highest BCUT2D eigenvalue weighted by Gasteiger charge is 2.55. The first kappa shape index (κ1) is 23.8. The Hall–Kier alpha value is -2.32. The van der Waals surface area contributed by atoms with Gasteiger partial charge in [0.15, 0.2) is 0 Å². The van der Waals surface area contributed by atoms with Crippen molar-refractivity contribution in [3.05, 3.63) is 35.6 Å². The molecule has 2 aliphatic heterocycles. The molecule has 33 heavy (non-hydrogen) atoms. The number of hydrogen-bond acceptors (Lipinski definition) is 5. The van der Waals surface area contributed by atoms with Gasteiger partial charge in [-0.3, -0.25) is 19.3 Å². The van der Waals surface area contributed by atoms with Crippen molar-refractivity contribution in [1.82, 2.24) is 9.80 Å². The average Bonchev–Trinajstić information content (AvgIpc) is 3.35. The van der Waals surface area contributed by atoms with E-state index in [-0.39, 0.29) is 43.6 Å². The molecular weight excluding hydrogens is 427 g/mol. The second-order valence-electron chi connectivity index (χ2n) is 9.49. The summed E-state index contributed by atoms with van der Waals surface area (Å²) in [5, 5.41) is 0. The fraction of sp³-hybridized carbons (Fsp3) is 0.640. The zero-order chi connectivity index (χ0) is 23.4. The van der Waals surface area contributed by atoms with Crippen LogP contribution in [-0.4, -0.2) is 73.6 Å². The van der Waals surface area contributed by atoms with Gasteiger partial charge in [0.25, 0.3) is 0 Å². The van der Waals surface area contributed by atoms with E-state index >= 15 is 0 Å². The first-order valence-electron chi connectivity index (χ1n) is 11.9. The van der Waals surface area contributed by atoms with E-state index < -0.39 is 23.0 Å². The minimum atomic E-state index is -1.54. The Labute approximate surface area is 194 Å². The molecule has 2 saturated heterocycles. The van der Waals surface area contributed by atoms with Crippen LogP contribution in [-0.2, 0) is 29.3 Å². The molecule has 3 amide bonds. The average molecular weight is 461 g/mol. The number of methoxy groups -OCH3 is 1. The molecule has 1 aromatic rings. The van der Waals surface area contributed by atoms with E-state index in [9.17, 15) is 18.8 Å². The van der Waals surface area contributed by atoms with Gasteiger partial charge in [0.2, 0.25) is 17.7 Å². The predicted octanol–water partition coefficient (Wildman–Crippen LogP) is 2.67. The molecule has 2 atom stereocenters. The highest BCUT2D eigenvalue weighted by molar-refractivity contribution is 6.10. The van der Waals surface area contributed by atoms with Gasteiger partial charge in [-0.25, -0.2) is 4.39 Å². The van der Waals surface area contributed by atoms with Crippen LogP contribution in [0.1, 0.15) is 50.5 Å². The molecule has 0 N–H and O–H groups in total. The van der Waals surface area contributed by atoms with Crippen LogP contribution in [0.3, 0.4) is 0 Å². The second-order valence-corrected chi connectivity index (χ2v) is 9.49. The summed E-state index contributed by atoms with van der Waals surface area (Å²) >= 11 is 0. The van der Waals surface area contributed by atoms with Crippen molar-refractivity contribution < 1.29 is 28.2 Å². The molecule has 2 heterocycles. The molecule has 3 fully saturated rings. The maximum Gasteiger partial charge on any atom is 0.241 e. The number of hydrogen-bond donors (Lipinski definition) is 0. The summed E-state index contributed by atoms with van der Waals surface area (Å²) in [6.45, 7) is 2.04. The van der Waals surface area contributed by atoms with Crippen molar-refractivity contribution >= 4 is 17.7 Å². The van der Waals surface area contributed by atoms with Crippen molar-refractivity contribution in [2.75, 3.05) is 40.0 Å². The summed E-state index contributed by atoms with van der Waals surface area (Å²) in [6, 6.07) is 5.97. The van der Waals surface area contributed by atoms with Crippen LogP contribution in [0.5, 0.6) is 0 Å². The summed E-state index contributed by atoms with van der Waals surface area (Å²) in [6.07, 6.45) is 4.71. The van der Waals surface area contributed by atoms with E-state index in [1.807, 2.05) is 0 Å². The summed E-state index contributed by atoms with van der Waals surface area (Å²) in [7, 11) is 1.49. The number of ether oxygens (including phenoxy) is 2. The molecular formula is C25H33FN2O5. The number of likely N-dealkylation sites (tertiary alicyclic amines) is 1. The SMILES string of the molecule is COCCN1C(=O)CC(CC(=O)N(CC2CCC2)CC2CCCO2)(c2ccccc2F)C1=O. The molecule has 0 radical (unpaired) electrons. The quantitative estimate of drug-likeness (QED) is 0.502. The van der Waals surface area contributed by atoms with E-state index in [0.717, 1.165) is 37.0 Å². The molecule has 0 spiro atoms. The Bertz CT molecular complexity index is 883. The van der Waals surface area contributed by atoms with Crippen molar-refractivity contribution in [3.8, 4) is 0 Å². The topological polar surface area (TPSA) is 76.2 Å². The summed E-state index contributed by atoms with van der Waals surface area (Å²) in [5.74, 6) is -1.29. The third-order valence-corrected chi connectivity index (χ3v) is 7.27. The van der Waals surface area contributed by atoms with E-state index in [2.05, 4.69) is 0 Å². The third kappa shape index (κ3) is 4.96. The lowest BCUT2D eigenvalue weighted by molar-refractivity contribution is -0.144. The van der Waals surface area contributed by atoms with Crippen LogP contribution >= 0.6 is 0 Å². The molecule has 1 aromatic carbocycles. The lowest BCUT2D eigenvalue weighted by atomic mass is 9.75. The van der Waals surface area contributed by atoms with Gasteiger partial charge in [-0.2, -0.15) is 0 Å². The summed E-state index contributed by atoms with van der Waals surface area (Å²) in [5.41, 5.74) is -1.43. The first-order chi connectivity index (χ1) is 15.9. The first-order valence-corrected chi connectivity index (χ1v) is 11.9. The molecule has 1 saturated carbocycles. The van der Waals surface area contributed by atoms with Gasteiger partial charge < -0.3 is 14.4 Å². The van der Waals surface area contributed by atoms with Crippen LogP contribution < -0.4 is 0 Å².